The number of carbonyl (C=O) groups excluding carboxylic acids is 2. The second-order valence-corrected chi connectivity index (χ2v) is 7.63. The third-order valence-corrected chi connectivity index (χ3v) is 6.12. The Morgan fingerprint density at radius 2 is 2.12 bits per heavy atom. The molecule has 128 valence electrons. The minimum atomic E-state index is -0.316. The van der Waals surface area contributed by atoms with E-state index >= 15 is 0 Å². The molecule has 1 aromatic rings. The van der Waals surface area contributed by atoms with E-state index in [1.165, 1.54) is 12.0 Å². The third-order valence-electron chi connectivity index (χ3n) is 6.12. The molecule has 1 saturated carbocycles. The average molecular weight is 328 g/mol. The van der Waals surface area contributed by atoms with E-state index in [4.69, 9.17) is 0 Å². The van der Waals surface area contributed by atoms with Crippen molar-refractivity contribution in [1.29, 1.82) is 0 Å². The fourth-order valence-electron chi connectivity index (χ4n) is 4.27. The summed E-state index contributed by atoms with van der Waals surface area (Å²) in [7, 11) is 0. The van der Waals surface area contributed by atoms with Crippen LogP contribution in [-0.2, 0) is 17.6 Å². The van der Waals surface area contributed by atoms with E-state index in [1.807, 2.05) is 12.1 Å². The maximum Gasteiger partial charge on any atom is 0.277 e. The molecule has 4 rings (SSSR count). The first-order valence-electron chi connectivity index (χ1n) is 8.98. The summed E-state index contributed by atoms with van der Waals surface area (Å²) in [5.41, 5.74) is 2.61. The molecule has 1 heterocycles. The Morgan fingerprint density at radius 3 is 2.79 bits per heavy atom. The predicted molar refractivity (Wildman–Crippen MR) is 88.7 cm³/mol. The molecule has 2 amide bonds. The summed E-state index contributed by atoms with van der Waals surface area (Å²) in [5, 5.41) is 13.9. The van der Waals surface area contributed by atoms with E-state index in [1.54, 1.807) is 6.07 Å². The number of hydroxylamine groups is 2. The van der Waals surface area contributed by atoms with Crippen LogP contribution in [-0.4, -0.2) is 35.2 Å². The minimum absolute atomic E-state index is 0.176. The van der Waals surface area contributed by atoms with Crippen LogP contribution >= 0.6 is 0 Å². The maximum absolute atomic E-state index is 12.4. The molecule has 1 spiro atoms. The van der Waals surface area contributed by atoms with E-state index in [0.29, 0.717) is 18.0 Å². The number of nitrogens with zero attached hydrogens (tertiary/aromatic N) is 1. The molecule has 3 aliphatic rings. The number of amides is 2. The third kappa shape index (κ3) is 2.61. The molecule has 24 heavy (non-hydrogen) atoms. The Balaban J connectivity index is 1.50. The van der Waals surface area contributed by atoms with Crippen molar-refractivity contribution in [1.82, 2.24) is 10.4 Å². The second kappa shape index (κ2) is 5.88. The van der Waals surface area contributed by atoms with Crippen molar-refractivity contribution >= 4 is 11.8 Å². The standard InChI is InChI=1S/C19H24N2O3/c22-17(21(24)12-13-2-1-3-13)15-4-5-16-11-19(7-6-14(16)10-15)8-9-20-18(19)23/h4-5,10,13,24H,1-3,6-9,11-12H2,(H,20,23)/t19-/m0/s1. The van der Waals surface area contributed by atoms with Gasteiger partial charge < -0.3 is 5.32 Å². The Kier molecular flexibility index (Phi) is 3.83. The molecule has 2 aliphatic carbocycles. The molecule has 2 fully saturated rings. The molecule has 1 aliphatic heterocycles. The van der Waals surface area contributed by atoms with E-state index < -0.39 is 0 Å². The second-order valence-electron chi connectivity index (χ2n) is 7.63. The summed E-state index contributed by atoms with van der Waals surface area (Å²) in [6.45, 7) is 1.20. The van der Waals surface area contributed by atoms with Crippen molar-refractivity contribution in [3.8, 4) is 0 Å². The highest BCUT2D eigenvalue weighted by atomic mass is 16.5. The molecule has 5 nitrogen and oxygen atoms in total. The monoisotopic (exact) mass is 328 g/mol. The van der Waals surface area contributed by atoms with Crippen molar-refractivity contribution in [2.45, 2.75) is 44.9 Å². The Hall–Kier alpha value is -1.88. The molecular weight excluding hydrogens is 304 g/mol. The Morgan fingerprint density at radius 1 is 1.29 bits per heavy atom. The van der Waals surface area contributed by atoms with Crippen LogP contribution in [0, 0.1) is 11.3 Å². The molecule has 1 atom stereocenters. The number of hydrogen-bond acceptors (Lipinski definition) is 3. The largest absolute Gasteiger partial charge is 0.356 e. The number of benzene rings is 1. The van der Waals surface area contributed by atoms with Crippen LogP contribution in [0.3, 0.4) is 0 Å². The van der Waals surface area contributed by atoms with Crippen LogP contribution in [0.4, 0.5) is 0 Å². The smallest absolute Gasteiger partial charge is 0.277 e. The summed E-state index contributed by atoms with van der Waals surface area (Å²) in [4.78, 5) is 24.6. The SMILES string of the molecule is O=C(c1ccc2c(c1)CC[C@]1(CCNC1=O)C2)N(O)CC1CCC1. The quantitative estimate of drug-likeness (QED) is 0.661. The molecule has 1 aromatic carbocycles. The van der Waals surface area contributed by atoms with Crippen LogP contribution in [0.2, 0.25) is 0 Å². The van der Waals surface area contributed by atoms with Gasteiger partial charge in [0.05, 0.1) is 12.0 Å². The van der Waals surface area contributed by atoms with Crippen molar-refractivity contribution in [2.75, 3.05) is 13.1 Å². The van der Waals surface area contributed by atoms with Gasteiger partial charge in [-0.15, -0.1) is 0 Å². The van der Waals surface area contributed by atoms with Gasteiger partial charge in [0.15, 0.2) is 0 Å². The van der Waals surface area contributed by atoms with Gasteiger partial charge in [-0.2, -0.15) is 0 Å². The number of rotatable bonds is 3. The number of fused-ring (bicyclic) bond motifs is 1. The van der Waals surface area contributed by atoms with Crippen LogP contribution in [0.25, 0.3) is 0 Å². The highest BCUT2D eigenvalue weighted by Gasteiger charge is 2.44. The van der Waals surface area contributed by atoms with Gasteiger partial charge in [-0.3, -0.25) is 14.8 Å². The Labute approximate surface area is 142 Å². The minimum Gasteiger partial charge on any atom is -0.356 e. The highest BCUT2D eigenvalue weighted by Crippen LogP contribution is 2.41. The fraction of sp³-hybridized carbons (Fsp3) is 0.579. The van der Waals surface area contributed by atoms with E-state index in [-0.39, 0.29) is 17.2 Å². The van der Waals surface area contributed by atoms with Gasteiger partial charge in [0.25, 0.3) is 5.91 Å². The summed E-state index contributed by atoms with van der Waals surface area (Å²) in [6, 6.07) is 5.66. The van der Waals surface area contributed by atoms with Crippen molar-refractivity contribution in [3.63, 3.8) is 0 Å². The molecule has 0 bridgehead atoms. The first kappa shape index (κ1) is 15.6. The summed E-state index contributed by atoms with van der Waals surface area (Å²) in [6.07, 6.45) is 6.70. The van der Waals surface area contributed by atoms with Crippen molar-refractivity contribution in [2.24, 2.45) is 11.3 Å². The zero-order chi connectivity index (χ0) is 16.7. The lowest BCUT2D eigenvalue weighted by Crippen LogP contribution is -2.37. The number of hydrogen-bond donors (Lipinski definition) is 2. The van der Waals surface area contributed by atoms with E-state index in [2.05, 4.69) is 5.32 Å². The summed E-state index contributed by atoms with van der Waals surface area (Å²) < 4.78 is 0. The molecule has 0 radical (unpaired) electrons. The van der Waals surface area contributed by atoms with Crippen LogP contribution in [0.1, 0.15) is 53.6 Å². The molecular formula is C19H24N2O3. The average Bonchev–Trinajstić information content (AvgIpc) is 2.90. The zero-order valence-electron chi connectivity index (χ0n) is 13.9. The lowest BCUT2D eigenvalue weighted by atomic mass is 9.70. The molecule has 1 saturated heterocycles. The number of aryl methyl sites for hydroxylation is 1. The van der Waals surface area contributed by atoms with Gasteiger partial charge in [0.2, 0.25) is 5.91 Å². The molecule has 0 aromatic heterocycles. The van der Waals surface area contributed by atoms with E-state index in [9.17, 15) is 14.8 Å². The van der Waals surface area contributed by atoms with E-state index in [0.717, 1.165) is 55.7 Å². The molecule has 5 heteroatoms. The maximum atomic E-state index is 12.4. The lowest BCUT2D eigenvalue weighted by Gasteiger charge is -2.32. The fourth-order valence-corrected chi connectivity index (χ4v) is 4.27. The van der Waals surface area contributed by atoms with Gasteiger partial charge in [-0.25, -0.2) is 5.06 Å². The van der Waals surface area contributed by atoms with Crippen LogP contribution < -0.4 is 5.32 Å². The first-order chi connectivity index (χ1) is 11.6. The zero-order valence-corrected chi connectivity index (χ0v) is 13.9. The van der Waals surface area contributed by atoms with Gasteiger partial charge in [0.1, 0.15) is 0 Å². The predicted octanol–water partition coefficient (Wildman–Crippen LogP) is 2.31. The number of nitrogens with one attached hydrogen (secondary N) is 1. The topological polar surface area (TPSA) is 69.6 Å². The van der Waals surface area contributed by atoms with Gasteiger partial charge in [-0.05, 0) is 67.7 Å². The lowest BCUT2D eigenvalue weighted by molar-refractivity contribution is -0.128. The number of carbonyl (C=O) groups is 2. The van der Waals surface area contributed by atoms with Crippen molar-refractivity contribution < 1.29 is 14.8 Å². The van der Waals surface area contributed by atoms with Crippen LogP contribution in [0.5, 0.6) is 0 Å². The van der Waals surface area contributed by atoms with Gasteiger partial charge in [-0.1, -0.05) is 12.5 Å². The van der Waals surface area contributed by atoms with Gasteiger partial charge >= 0.3 is 0 Å². The molecule has 2 N–H and O–H groups in total. The van der Waals surface area contributed by atoms with Gasteiger partial charge in [0, 0.05) is 12.1 Å². The summed E-state index contributed by atoms with van der Waals surface area (Å²) in [5.74, 6) is 0.302. The van der Waals surface area contributed by atoms with Crippen molar-refractivity contribution in [3.05, 3.63) is 34.9 Å². The van der Waals surface area contributed by atoms with Crippen LogP contribution in [0.15, 0.2) is 18.2 Å². The highest BCUT2D eigenvalue weighted by molar-refractivity contribution is 5.94. The normalized spacial score (nSPS) is 26.0. The molecule has 0 unspecified atom stereocenters. The first-order valence-corrected chi connectivity index (χ1v) is 8.98. The Bertz CT molecular complexity index is 683. The summed E-state index contributed by atoms with van der Waals surface area (Å²) >= 11 is 0.